The molecule has 3 N–H and O–H groups in total. The van der Waals surface area contributed by atoms with Crippen LogP contribution in [-0.4, -0.2) is 15.7 Å². The van der Waals surface area contributed by atoms with Crippen molar-refractivity contribution in [3.63, 3.8) is 0 Å². The zero-order chi connectivity index (χ0) is 15.6. The maximum absolute atomic E-state index is 12.9. The van der Waals surface area contributed by atoms with E-state index < -0.39 is 23.3 Å². The fourth-order valence-corrected chi connectivity index (χ4v) is 1.90. The van der Waals surface area contributed by atoms with Gasteiger partial charge in [0.2, 0.25) is 5.91 Å². The lowest BCUT2D eigenvalue weighted by atomic mass is 10.1. The molecule has 5 nitrogen and oxygen atoms in total. The lowest BCUT2D eigenvalue weighted by Gasteiger charge is -2.15. The average Bonchev–Trinajstić information content (AvgIpc) is 2.75. The van der Waals surface area contributed by atoms with Crippen molar-refractivity contribution >= 4 is 28.9 Å². The zero-order valence-electron chi connectivity index (χ0n) is 10.5. The predicted octanol–water partition coefficient (Wildman–Crippen LogP) is 2.78. The summed E-state index contributed by atoms with van der Waals surface area (Å²) < 4.78 is 39.8. The number of para-hydroxylation sites is 1. The molecule has 2 rings (SSSR count). The predicted molar refractivity (Wildman–Crippen MR) is 71.7 cm³/mol. The van der Waals surface area contributed by atoms with Crippen molar-refractivity contribution < 1.29 is 18.0 Å². The van der Waals surface area contributed by atoms with E-state index >= 15 is 0 Å². The highest BCUT2D eigenvalue weighted by atomic mass is 35.5. The highest BCUT2D eigenvalue weighted by molar-refractivity contribution is 6.34. The maximum atomic E-state index is 12.9. The number of nitrogens with zero attached hydrogens (tertiary/aromatic N) is 2. The molecule has 1 aromatic carbocycles. The fraction of sp³-hybridized carbons (Fsp3) is 0.167. The molecule has 1 heterocycles. The Morgan fingerprint density at radius 3 is 2.71 bits per heavy atom. The summed E-state index contributed by atoms with van der Waals surface area (Å²) in [5.41, 5.74) is 4.29. The molecule has 1 aromatic heterocycles. The highest BCUT2D eigenvalue weighted by Gasteiger charge is 2.34. The Hall–Kier alpha value is -2.22. The van der Waals surface area contributed by atoms with Crippen LogP contribution in [-0.2, 0) is 17.5 Å². The van der Waals surface area contributed by atoms with Crippen molar-refractivity contribution in [3.8, 4) is 0 Å². The van der Waals surface area contributed by atoms with Crippen molar-refractivity contribution in [1.29, 1.82) is 0 Å². The first-order valence-electron chi connectivity index (χ1n) is 5.71. The van der Waals surface area contributed by atoms with Gasteiger partial charge in [0.1, 0.15) is 6.54 Å². The summed E-state index contributed by atoms with van der Waals surface area (Å²) in [6, 6.07) is 3.26. The van der Waals surface area contributed by atoms with Crippen LogP contribution in [0.15, 0.2) is 30.6 Å². The van der Waals surface area contributed by atoms with Gasteiger partial charge in [-0.2, -0.15) is 18.3 Å². The minimum Gasteiger partial charge on any atom is -0.396 e. The Labute approximate surface area is 122 Å². The van der Waals surface area contributed by atoms with Gasteiger partial charge in [-0.05, 0) is 12.1 Å². The number of rotatable bonds is 3. The van der Waals surface area contributed by atoms with Crippen molar-refractivity contribution in [2.45, 2.75) is 12.7 Å². The van der Waals surface area contributed by atoms with Crippen LogP contribution in [0.25, 0.3) is 0 Å². The average molecular weight is 319 g/mol. The van der Waals surface area contributed by atoms with E-state index in [1.165, 1.54) is 23.1 Å². The number of anilines is 2. The summed E-state index contributed by atoms with van der Waals surface area (Å²) >= 11 is 5.73. The molecule has 112 valence electrons. The monoisotopic (exact) mass is 318 g/mol. The number of halogens is 4. The third-order valence-corrected chi connectivity index (χ3v) is 2.86. The second-order valence-electron chi connectivity index (χ2n) is 4.18. The van der Waals surface area contributed by atoms with Crippen molar-refractivity contribution in [2.75, 3.05) is 11.1 Å². The Bertz CT molecular complexity index is 669. The van der Waals surface area contributed by atoms with E-state index in [2.05, 4.69) is 10.4 Å². The molecule has 0 spiro atoms. The molecule has 9 heteroatoms. The number of hydrogen-bond donors (Lipinski definition) is 2. The summed E-state index contributed by atoms with van der Waals surface area (Å²) in [4.78, 5) is 11.8. The number of alkyl halides is 3. The van der Waals surface area contributed by atoms with Crippen LogP contribution in [0.3, 0.4) is 0 Å². The molecule has 0 atom stereocenters. The Morgan fingerprint density at radius 2 is 2.14 bits per heavy atom. The van der Waals surface area contributed by atoms with Gasteiger partial charge >= 0.3 is 6.18 Å². The summed E-state index contributed by atoms with van der Waals surface area (Å²) in [5.74, 6) is -0.698. The molecule has 0 radical (unpaired) electrons. The minimum absolute atomic E-state index is 0.196. The number of aromatic nitrogens is 2. The van der Waals surface area contributed by atoms with Gasteiger partial charge < -0.3 is 11.1 Å². The molecule has 21 heavy (non-hydrogen) atoms. The SMILES string of the molecule is Nc1cnn(CC(=O)Nc2c(Cl)cccc2C(F)(F)F)c1. The van der Waals surface area contributed by atoms with E-state index in [-0.39, 0.29) is 11.6 Å². The Balaban J connectivity index is 2.21. The molecule has 0 fully saturated rings. The van der Waals surface area contributed by atoms with Crippen LogP contribution in [0.5, 0.6) is 0 Å². The van der Waals surface area contributed by atoms with Crippen molar-refractivity contribution in [2.24, 2.45) is 0 Å². The topological polar surface area (TPSA) is 72.9 Å². The number of hydrogen-bond acceptors (Lipinski definition) is 3. The number of amides is 1. The second-order valence-corrected chi connectivity index (χ2v) is 4.59. The molecule has 0 saturated carbocycles. The molecule has 0 saturated heterocycles. The van der Waals surface area contributed by atoms with Gasteiger partial charge in [-0.3, -0.25) is 9.48 Å². The largest absolute Gasteiger partial charge is 0.418 e. The third-order valence-electron chi connectivity index (χ3n) is 2.54. The second kappa shape index (κ2) is 5.65. The van der Waals surface area contributed by atoms with E-state index in [1.807, 2.05) is 0 Å². The quantitative estimate of drug-likeness (QED) is 0.914. The van der Waals surface area contributed by atoms with Crippen LogP contribution in [0.1, 0.15) is 5.56 Å². The summed E-state index contributed by atoms with van der Waals surface area (Å²) in [5, 5.41) is 5.72. The van der Waals surface area contributed by atoms with E-state index in [0.29, 0.717) is 5.69 Å². The van der Waals surface area contributed by atoms with E-state index in [1.54, 1.807) is 0 Å². The van der Waals surface area contributed by atoms with Crippen LogP contribution in [0.2, 0.25) is 5.02 Å². The van der Waals surface area contributed by atoms with Gasteiger partial charge in [0.15, 0.2) is 0 Å². The molecular weight excluding hydrogens is 309 g/mol. The van der Waals surface area contributed by atoms with E-state index in [0.717, 1.165) is 12.1 Å². The number of carbonyl (C=O) groups excluding carboxylic acids is 1. The molecule has 2 aromatic rings. The van der Waals surface area contributed by atoms with Gasteiger partial charge in [-0.1, -0.05) is 17.7 Å². The van der Waals surface area contributed by atoms with Crippen LogP contribution < -0.4 is 11.1 Å². The van der Waals surface area contributed by atoms with Gasteiger partial charge in [-0.15, -0.1) is 0 Å². The first kappa shape index (κ1) is 15.2. The number of nitrogens with one attached hydrogen (secondary N) is 1. The number of nitrogens with two attached hydrogens (primary N) is 1. The lowest BCUT2D eigenvalue weighted by molar-refractivity contribution is -0.137. The van der Waals surface area contributed by atoms with E-state index in [4.69, 9.17) is 17.3 Å². The standard InChI is InChI=1S/C12H10ClF3N4O/c13-9-3-1-2-8(12(14,15)16)11(9)19-10(21)6-20-5-7(17)4-18-20/h1-5H,6,17H2,(H,19,21). The van der Waals surface area contributed by atoms with Gasteiger partial charge in [0, 0.05) is 6.20 Å². The lowest BCUT2D eigenvalue weighted by Crippen LogP contribution is -2.21. The van der Waals surface area contributed by atoms with Crippen LogP contribution >= 0.6 is 11.6 Å². The maximum Gasteiger partial charge on any atom is 0.418 e. The van der Waals surface area contributed by atoms with E-state index in [9.17, 15) is 18.0 Å². The first-order chi connectivity index (χ1) is 9.77. The Kier molecular flexibility index (Phi) is 4.08. The van der Waals surface area contributed by atoms with Gasteiger partial charge in [-0.25, -0.2) is 0 Å². The van der Waals surface area contributed by atoms with Gasteiger partial charge in [0.05, 0.1) is 28.2 Å². The van der Waals surface area contributed by atoms with Crippen LogP contribution in [0.4, 0.5) is 24.5 Å². The summed E-state index contributed by atoms with van der Waals surface area (Å²) in [6.07, 6.45) is -1.91. The number of benzene rings is 1. The first-order valence-corrected chi connectivity index (χ1v) is 6.08. The third kappa shape index (κ3) is 3.66. The summed E-state index contributed by atoms with van der Waals surface area (Å²) in [6.45, 7) is -0.278. The molecular formula is C12H10ClF3N4O. The molecule has 0 unspecified atom stereocenters. The van der Waals surface area contributed by atoms with Crippen molar-refractivity contribution in [3.05, 3.63) is 41.2 Å². The summed E-state index contributed by atoms with van der Waals surface area (Å²) in [7, 11) is 0. The molecule has 1 amide bonds. The van der Waals surface area contributed by atoms with Gasteiger partial charge in [0.25, 0.3) is 0 Å². The minimum atomic E-state index is -4.62. The number of nitrogen functional groups attached to an aromatic ring is 1. The number of carbonyl (C=O) groups is 1. The Morgan fingerprint density at radius 1 is 1.43 bits per heavy atom. The fourth-order valence-electron chi connectivity index (χ4n) is 1.68. The molecule has 0 bridgehead atoms. The van der Waals surface area contributed by atoms with Crippen LogP contribution in [0, 0.1) is 0 Å². The normalized spacial score (nSPS) is 11.4. The molecule has 0 aliphatic heterocycles. The molecule has 0 aliphatic carbocycles. The highest BCUT2D eigenvalue weighted by Crippen LogP contribution is 2.38. The van der Waals surface area contributed by atoms with Crippen molar-refractivity contribution in [1.82, 2.24) is 9.78 Å². The molecule has 0 aliphatic rings. The smallest absolute Gasteiger partial charge is 0.396 e. The zero-order valence-corrected chi connectivity index (χ0v) is 11.2.